The summed E-state index contributed by atoms with van der Waals surface area (Å²) in [5, 5.41) is 4.65. The van der Waals surface area contributed by atoms with E-state index in [0.717, 1.165) is 10.8 Å². The molecule has 1 aromatic heterocycles. The van der Waals surface area contributed by atoms with Gasteiger partial charge in [-0.15, -0.1) is 11.6 Å². The van der Waals surface area contributed by atoms with Crippen molar-refractivity contribution in [2.24, 2.45) is 0 Å². The summed E-state index contributed by atoms with van der Waals surface area (Å²) in [6, 6.07) is 9.58. The van der Waals surface area contributed by atoms with E-state index in [4.69, 9.17) is 11.6 Å². The van der Waals surface area contributed by atoms with Crippen LogP contribution >= 0.6 is 11.6 Å². The van der Waals surface area contributed by atoms with E-state index < -0.39 is 0 Å². The Morgan fingerprint density at radius 2 is 2.11 bits per heavy atom. The van der Waals surface area contributed by atoms with Crippen LogP contribution in [-0.4, -0.2) is 23.3 Å². The standard InChI is InChI=1S/C14H13ClN2O/c15-8-3-4-9-17-14(18)13-12-6-2-1-5-11(12)7-10-16-13/h1-7,10H,8-9H2,(H,17,18)/b4-3+. The van der Waals surface area contributed by atoms with Crippen molar-refractivity contribution in [2.45, 2.75) is 0 Å². The highest BCUT2D eigenvalue weighted by Crippen LogP contribution is 2.15. The fraction of sp³-hybridized carbons (Fsp3) is 0.143. The fourth-order valence-electron chi connectivity index (χ4n) is 1.68. The lowest BCUT2D eigenvalue weighted by atomic mass is 10.1. The third-order valence-electron chi connectivity index (χ3n) is 2.52. The number of carbonyl (C=O) groups excluding carboxylic acids is 1. The molecule has 0 aliphatic carbocycles. The Kier molecular flexibility index (Phi) is 4.31. The summed E-state index contributed by atoms with van der Waals surface area (Å²) in [6.45, 7) is 0.455. The zero-order valence-corrected chi connectivity index (χ0v) is 10.5. The first kappa shape index (κ1) is 12.6. The smallest absolute Gasteiger partial charge is 0.270 e. The molecule has 0 aliphatic rings. The number of halogens is 1. The van der Waals surface area contributed by atoms with E-state index in [9.17, 15) is 4.79 Å². The van der Waals surface area contributed by atoms with Crippen molar-refractivity contribution in [3.8, 4) is 0 Å². The number of aromatic nitrogens is 1. The lowest BCUT2D eigenvalue weighted by Gasteiger charge is -2.05. The number of benzene rings is 1. The topological polar surface area (TPSA) is 42.0 Å². The molecule has 92 valence electrons. The maximum atomic E-state index is 12.0. The van der Waals surface area contributed by atoms with Crippen LogP contribution in [0.3, 0.4) is 0 Å². The van der Waals surface area contributed by atoms with Gasteiger partial charge >= 0.3 is 0 Å². The molecule has 18 heavy (non-hydrogen) atoms. The molecule has 4 heteroatoms. The minimum Gasteiger partial charge on any atom is -0.347 e. The Morgan fingerprint density at radius 1 is 1.28 bits per heavy atom. The van der Waals surface area contributed by atoms with Crippen LogP contribution in [0.5, 0.6) is 0 Å². The Balaban J connectivity index is 2.20. The maximum Gasteiger partial charge on any atom is 0.270 e. The number of nitrogens with one attached hydrogen (secondary N) is 1. The van der Waals surface area contributed by atoms with Crippen molar-refractivity contribution in [3.63, 3.8) is 0 Å². The highest BCUT2D eigenvalue weighted by atomic mass is 35.5. The molecule has 1 aromatic carbocycles. The van der Waals surface area contributed by atoms with Crippen LogP contribution in [-0.2, 0) is 0 Å². The monoisotopic (exact) mass is 260 g/mol. The van der Waals surface area contributed by atoms with Crippen molar-refractivity contribution in [3.05, 3.63) is 54.4 Å². The molecule has 1 heterocycles. The van der Waals surface area contributed by atoms with Gasteiger partial charge in [0.1, 0.15) is 5.69 Å². The number of fused-ring (bicyclic) bond motifs is 1. The molecule has 0 atom stereocenters. The third-order valence-corrected chi connectivity index (χ3v) is 2.70. The second-order valence-electron chi connectivity index (χ2n) is 3.72. The molecule has 1 amide bonds. The minimum absolute atomic E-state index is 0.175. The summed E-state index contributed by atoms with van der Waals surface area (Å²) in [5.74, 6) is 0.272. The lowest BCUT2D eigenvalue weighted by molar-refractivity contribution is 0.0955. The van der Waals surface area contributed by atoms with E-state index in [-0.39, 0.29) is 5.91 Å². The molecular formula is C14H13ClN2O. The first-order valence-electron chi connectivity index (χ1n) is 5.66. The summed E-state index contributed by atoms with van der Waals surface area (Å²) in [6.07, 6.45) is 5.25. The molecule has 0 aliphatic heterocycles. The number of carbonyl (C=O) groups is 1. The highest BCUT2D eigenvalue weighted by molar-refractivity contribution is 6.18. The number of rotatable bonds is 4. The largest absolute Gasteiger partial charge is 0.347 e. The molecule has 0 fully saturated rings. The van der Waals surface area contributed by atoms with E-state index in [1.54, 1.807) is 12.3 Å². The van der Waals surface area contributed by atoms with Crippen LogP contribution in [0.15, 0.2) is 48.7 Å². The molecule has 0 radical (unpaired) electrons. The molecule has 2 rings (SSSR count). The minimum atomic E-state index is -0.175. The summed E-state index contributed by atoms with van der Waals surface area (Å²) in [5.41, 5.74) is 0.451. The van der Waals surface area contributed by atoms with Gasteiger partial charge in [-0.1, -0.05) is 36.4 Å². The van der Waals surface area contributed by atoms with Gasteiger partial charge in [0.05, 0.1) is 0 Å². The summed E-state index contributed by atoms with van der Waals surface area (Å²) < 4.78 is 0. The molecule has 0 saturated carbocycles. The second-order valence-corrected chi connectivity index (χ2v) is 4.03. The van der Waals surface area contributed by atoms with E-state index in [1.807, 2.05) is 36.4 Å². The van der Waals surface area contributed by atoms with Crippen LogP contribution in [0.4, 0.5) is 0 Å². The van der Waals surface area contributed by atoms with Crippen LogP contribution in [0.25, 0.3) is 10.8 Å². The maximum absolute atomic E-state index is 12.0. The molecule has 3 nitrogen and oxygen atoms in total. The Hall–Kier alpha value is -1.87. The van der Waals surface area contributed by atoms with Gasteiger partial charge in [0.25, 0.3) is 5.91 Å². The van der Waals surface area contributed by atoms with E-state index in [0.29, 0.717) is 18.1 Å². The van der Waals surface area contributed by atoms with Crippen molar-refractivity contribution >= 4 is 28.3 Å². The Morgan fingerprint density at radius 3 is 2.94 bits per heavy atom. The Labute approximate surface area is 110 Å². The molecule has 0 unspecified atom stereocenters. The van der Waals surface area contributed by atoms with Gasteiger partial charge in [0.15, 0.2) is 0 Å². The van der Waals surface area contributed by atoms with Gasteiger partial charge in [-0.25, -0.2) is 0 Å². The van der Waals surface area contributed by atoms with Gasteiger partial charge in [-0.3, -0.25) is 9.78 Å². The van der Waals surface area contributed by atoms with Crippen molar-refractivity contribution in [2.75, 3.05) is 12.4 Å². The molecule has 1 N–H and O–H groups in total. The normalized spacial score (nSPS) is 10.9. The number of nitrogens with zero attached hydrogens (tertiary/aromatic N) is 1. The lowest BCUT2D eigenvalue weighted by Crippen LogP contribution is -2.24. The predicted octanol–water partition coefficient (Wildman–Crippen LogP) is 2.76. The average Bonchev–Trinajstić information content (AvgIpc) is 2.43. The molecule has 0 saturated heterocycles. The van der Waals surface area contributed by atoms with Gasteiger partial charge in [0.2, 0.25) is 0 Å². The second kappa shape index (κ2) is 6.17. The average molecular weight is 261 g/mol. The van der Waals surface area contributed by atoms with Crippen molar-refractivity contribution in [1.29, 1.82) is 0 Å². The Bertz CT molecular complexity index is 576. The quantitative estimate of drug-likeness (QED) is 0.678. The summed E-state index contributed by atoms with van der Waals surface area (Å²) in [7, 11) is 0. The van der Waals surface area contributed by atoms with Gasteiger partial charge in [0, 0.05) is 24.0 Å². The molecule has 0 spiro atoms. The SMILES string of the molecule is O=C(NC/C=C/CCl)c1nccc2ccccc12. The number of allylic oxidation sites excluding steroid dienone is 1. The van der Waals surface area contributed by atoms with Gasteiger partial charge in [-0.2, -0.15) is 0 Å². The van der Waals surface area contributed by atoms with E-state index in [2.05, 4.69) is 10.3 Å². The van der Waals surface area contributed by atoms with E-state index in [1.165, 1.54) is 0 Å². The fourth-order valence-corrected chi connectivity index (χ4v) is 1.81. The number of amides is 1. The number of hydrogen-bond donors (Lipinski definition) is 1. The summed E-state index contributed by atoms with van der Waals surface area (Å²) >= 11 is 5.50. The molecule has 2 aromatic rings. The van der Waals surface area contributed by atoms with Crippen LogP contribution < -0.4 is 5.32 Å². The van der Waals surface area contributed by atoms with Crippen molar-refractivity contribution < 1.29 is 4.79 Å². The number of pyridine rings is 1. The zero-order chi connectivity index (χ0) is 12.8. The van der Waals surface area contributed by atoms with Crippen LogP contribution in [0.2, 0.25) is 0 Å². The third kappa shape index (κ3) is 2.87. The first-order chi connectivity index (χ1) is 8.83. The molecular weight excluding hydrogens is 248 g/mol. The zero-order valence-electron chi connectivity index (χ0n) is 9.77. The van der Waals surface area contributed by atoms with Crippen LogP contribution in [0.1, 0.15) is 10.5 Å². The highest BCUT2D eigenvalue weighted by Gasteiger charge is 2.09. The number of hydrogen-bond acceptors (Lipinski definition) is 2. The predicted molar refractivity (Wildman–Crippen MR) is 73.9 cm³/mol. The molecule has 0 bridgehead atoms. The van der Waals surface area contributed by atoms with E-state index >= 15 is 0 Å². The van der Waals surface area contributed by atoms with Gasteiger partial charge in [-0.05, 0) is 11.5 Å². The summed E-state index contributed by atoms with van der Waals surface area (Å²) in [4.78, 5) is 16.1. The van der Waals surface area contributed by atoms with Crippen molar-refractivity contribution in [1.82, 2.24) is 10.3 Å². The van der Waals surface area contributed by atoms with Gasteiger partial charge < -0.3 is 5.32 Å². The van der Waals surface area contributed by atoms with Crippen LogP contribution in [0, 0.1) is 0 Å². The number of alkyl halides is 1. The first-order valence-corrected chi connectivity index (χ1v) is 6.19.